The fraction of sp³-hybridized carbons (Fsp3) is 0.267. The van der Waals surface area contributed by atoms with Gasteiger partial charge in [0.1, 0.15) is 24.0 Å². The molecule has 1 N–H and O–H groups in total. The zero-order chi connectivity index (χ0) is 14.5. The van der Waals surface area contributed by atoms with Crippen molar-refractivity contribution in [3.8, 4) is 6.07 Å². The van der Waals surface area contributed by atoms with Gasteiger partial charge in [-0.15, -0.1) is 0 Å². The number of hydrogen-bond donors (Lipinski definition) is 1. The lowest BCUT2D eigenvalue weighted by Crippen LogP contribution is -2.13. The topological polar surface area (TPSA) is 64.8 Å². The van der Waals surface area contributed by atoms with E-state index >= 15 is 0 Å². The SMILES string of the molecule is Cc1cccc(N(C)c2cc(NCC#N)nc(C)n2)c1. The van der Waals surface area contributed by atoms with Gasteiger partial charge in [-0.3, -0.25) is 0 Å². The van der Waals surface area contributed by atoms with Gasteiger partial charge < -0.3 is 10.2 Å². The van der Waals surface area contributed by atoms with E-state index in [2.05, 4.69) is 34.3 Å². The summed E-state index contributed by atoms with van der Waals surface area (Å²) in [4.78, 5) is 10.7. The zero-order valence-electron chi connectivity index (χ0n) is 11.9. The number of nitrogens with one attached hydrogen (secondary N) is 1. The first-order chi connectivity index (χ1) is 9.60. The van der Waals surface area contributed by atoms with E-state index in [0.717, 1.165) is 11.5 Å². The van der Waals surface area contributed by atoms with Gasteiger partial charge in [0.05, 0.1) is 6.07 Å². The molecule has 1 aromatic heterocycles. The van der Waals surface area contributed by atoms with Crippen molar-refractivity contribution in [2.24, 2.45) is 0 Å². The number of benzene rings is 1. The molecule has 0 bridgehead atoms. The van der Waals surface area contributed by atoms with Crippen LogP contribution in [0.1, 0.15) is 11.4 Å². The summed E-state index contributed by atoms with van der Waals surface area (Å²) >= 11 is 0. The maximum atomic E-state index is 8.62. The zero-order valence-corrected chi connectivity index (χ0v) is 11.9. The molecule has 0 radical (unpaired) electrons. The van der Waals surface area contributed by atoms with E-state index in [1.807, 2.05) is 43.1 Å². The van der Waals surface area contributed by atoms with E-state index in [-0.39, 0.29) is 6.54 Å². The summed E-state index contributed by atoms with van der Waals surface area (Å²) in [6.07, 6.45) is 0. The molecule has 0 aliphatic rings. The van der Waals surface area contributed by atoms with Crippen LogP contribution < -0.4 is 10.2 Å². The van der Waals surface area contributed by atoms with Gasteiger partial charge >= 0.3 is 0 Å². The van der Waals surface area contributed by atoms with E-state index in [1.54, 1.807) is 0 Å². The predicted octanol–water partition coefficient (Wildman–Crippen LogP) is 2.80. The van der Waals surface area contributed by atoms with Gasteiger partial charge in [0, 0.05) is 18.8 Å². The van der Waals surface area contributed by atoms with Crippen LogP contribution in [0.5, 0.6) is 0 Å². The summed E-state index contributed by atoms with van der Waals surface area (Å²) in [7, 11) is 1.96. The Balaban J connectivity index is 2.32. The number of rotatable bonds is 4. The molecule has 0 unspecified atom stereocenters. The van der Waals surface area contributed by atoms with Crippen molar-refractivity contribution in [3.05, 3.63) is 41.7 Å². The normalized spacial score (nSPS) is 9.90. The summed E-state index contributed by atoms with van der Waals surface area (Å²) < 4.78 is 0. The monoisotopic (exact) mass is 267 g/mol. The molecule has 0 saturated carbocycles. The number of hydrogen-bond acceptors (Lipinski definition) is 5. The molecular weight excluding hydrogens is 250 g/mol. The van der Waals surface area contributed by atoms with Crippen LogP contribution in [0.25, 0.3) is 0 Å². The van der Waals surface area contributed by atoms with E-state index in [1.165, 1.54) is 5.56 Å². The Morgan fingerprint density at radius 3 is 2.75 bits per heavy atom. The van der Waals surface area contributed by atoms with E-state index < -0.39 is 0 Å². The number of aryl methyl sites for hydroxylation is 2. The molecule has 2 rings (SSSR count). The van der Waals surface area contributed by atoms with Crippen LogP contribution in [0, 0.1) is 25.2 Å². The molecule has 0 spiro atoms. The summed E-state index contributed by atoms with van der Waals surface area (Å²) in [5.41, 5.74) is 2.26. The minimum Gasteiger partial charge on any atom is -0.357 e. The minimum atomic E-state index is 0.226. The molecular formula is C15H17N5. The second kappa shape index (κ2) is 6.02. The van der Waals surface area contributed by atoms with Crippen LogP contribution in [-0.2, 0) is 0 Å². The third-order valence-corrected chi connectivity index (χ3v) is 2.91. The molecule has 0 atom stereocenters. The largest absolute Gasteiger partial charge is 0.357 e. The average molecular weight is 267 g/mol. The van der Waals surface area contributed by atoms with Gasteiger partial charge in [0.25, 0.3) is 0 Å². The molecule has 0 aliphatic carbocycles. The van der Waals surface area contributed by atoms with Crippen molar-refractivity contribution < 1.29 is 0 Å². The third kappa shape index (κ3) is 3.23. The van der Waals surface area contributed by atoms with Crippen LogP contribution >= 0.6 is 0 Å². The van der Waals surface area contributed by atoms with Gasteiger partial charge in [0.15, 0.2) is 0 Å². The molecule has 0 saturated heterocycles. The first-order valence-corrected chi connectivity index (χ1v) is 6.37. The molecule has 1 aromatic carbocycles. The van der Waals surface area contributed by atoms with Crippen molar-refractivity contribution in [3.63, 3.8) is 0 Å². The van der Waals surface area contributed by atoms with Crippen LogP contribution in [0.4, 0.5) is 17.3 Å². The van der Waals surface area contributed by atoms with E-state index in [4.69, 9.17) is 5.26 Å². The van der Waals surface area contributed by atoms with Crippen LogP contribution in [-0.4, -0.2) is 23.6 Å². The van der Waals surface area contributed by atoms with Crippen molar-refractivity contribution in [2.75, 3.05) is 23.8 Å². The smallest absolute Gasteiger partial charge is 0.138 e. The Morgan fingerprint density at radius 2 is 2.05 bits per heavy atom. The summed E-state index contributed by atoms with van der Waals surface area (Å²) in [5.74, 6) is 2.12. The molecule has 5 nitrogen and oxygen atoms in total. The maximum absolute atomic E-state index is 8.62. The lowest BCUT2D eigenvalue weighted by atomic mass is 10.2. The number of nitriles is 1. The first kappa shape index (κ1) is 13.8. The van der Waals surface area contributed by atoms with E-state index in [9.17, 15) is 0 Å². The van der Waals surface area contributed by atoms with Crippen molar-refractivity contribution in [1.29, 1.82) is 5.26 Å². The predicted molar refractivity (Wildman–Crippen MR) is 80.1 cm³/mol. The Hall–Kier alpha value is -2.61. The Bertz CT molecular complexity index is 645. The molecule has 20 heavy (non-hydrogen) atoms. The standard InChI is InChI=1S/C15H17N5/c1-11-5-4-6-13(9-11)20(3)15-10-14(17-8-7-16)18-12(2)19-15/h4-6,9-10H,8H2,1-3H3,(H,17,18,19). The highest BCUT2D eigenvalue weighted by atomic mass is 15.2. The lowest BCUT2D eigenvalue weighted by molar-refractivity contribution is 1.01. The third-order valence-electron chi connectivity index (χ3n) is 2.91. The van der Waals surface area contributed by atoms with Crippen LogP contribution in [0.15, 0.2) is 30.3 Å². The molecule has 102 valence electrons. The second-order valence-electron chi connectivity index (χ2n) is 4.57. The maximum Gasteiger partial charge on any atom is 0.138 e. The van der Waals surface area contributed by atoms with Crippen LogP contribution in [0.3, 0.4) is 0 Å². The number of aromatic nitrogens is 2. The van der Waals surface area contributed by atoms with Crippen molar-refractivity contribution in [2.45, 2.75) is 13.8 Å². The Labute approximate surface area is 118 Å². The van der Waals surface area contributed by atoms with Gasteiger partial charge in [-0.25, -0.2) is 9.97 Å². The van der Waals surface area contributed by atoms with Gasteiger partial charge in [0.2, 0.25) is 0 Å². The quantitative estimate of drug-likeness (QED) is 0.863. The molecule has 2 aromatic rings. The van der Waals surface area contributed by atoms with Crippen molar-refractivity contribution >= 4 is 17.3 Å². The molecule has 5 heteroatoms. The number of nitrogens with zero attached hydrogens (tertiary/aromatic N) is 4. The summed E-state index contributed by atoms with van der Waals surface area (Å²) in [6, 6.07) is 12.1. The summed E-state index contributed by atoms with van der Waals surface area (Å²) in [5, 5.41) is 11.6. The average Bonchev–Trinajstić information content (AvgIpc) is 2.43. The highest BCUT2D eigenvalue weighted by Crippen LogP contribution is 2.24. The van der Waals surface area contributed by atoms with Crippen molar-refractivity contribution in [1.82, 2.24) is 9.97 Å². The van der Waals surface area contributed by atoms with Gasteiger partial charge in [-0.2, -0.15) is 5.26 Å². The fourth-order valence-electron chi connectivity index (χ4n) is 1.91. The van der Waals surface area contributed by atoms with E-state index in [0.29, 0.717) is 11.6 Å². The molecule has 0 fully saturated rings. The highest BCUT2D eigenvalue weighted by molar-refractivity contribution is 5.62. The highest BCUT2D eigenvalue weighted by Gasteiger charge is 2.08. The summed E-state index contributed by atoms with van der Waals surface area (Å²) in [6.45, 7) is 4.12. The lowest BCUT2D eigenvalue weighted by Gasteiger charge is -2.19. The molecule has 0 amide bonds. The number of anilines is 3. The fourth-order valence-corrected chi connectivity index (χ4v) is 1.91. The van der Waals surface area contributed by atoms with Crippen LogP contribution in [0.2, 0.25) is 0 Å². The molecule has 0 aliphatic heterocycles. The Morgan fingerprint density at radius 1 is 1.25 bits per heavy atom. The minimum absolute atomic E-state index is 0.226. The second-order valence-corrected chi connectivity index (χ2v) is 4.57. The molecule has 1 heterocycles. The Kier molecular flexibility index (Phi) is 4.16. The van der Waals surface area contributed by atoms with Gasteiger partial charge in [-0.05, 0) is 31.5 Å². The van der Waals surface area contributed by atoms with Gasteiger partial charge in [-0.1, -0.05) is 12.1 Å². The first-order valence-electron chi connectivity index (χ1n) is 6.37.